The summed E-state index contributed by atoms with van der Waals surface area (Å²) >= 11 is 2.34. The summed E-state index contributed by atoms with van der Waals surface area (Å²) in [6, 6.07) is 6.80. The summed E-state index contributed by atoms with van der Waals surface area (Å²) < 4.78 is 1.25. The number of ketones is 1. The van der Waals surface area contributed by atoms with Gasteiger partial charge >= 0.3 is 0 Å². The van der Waals surface area contributed by atoms with Crippen LogP contribution in [0.4, 0.5) is 5.69 Å². The number of nitrogens with zero attached hydrogens (tertiary/aromatic N) is 1. The van der Waals surface area contributed by atoms with Crippen LogP contribution in [-0.4, -0.2) is 18.4 Å². The number of aryl methyl sites for hydroxylation is 1. The Morgan fingerprint density at radius 1 is 1.35 bits per heavy atom. The fourth-order valence-corrected chi connectivity index (χ4v) is 2.91. The van der Waals surface area contributed by atoms with E-state index >= 15 is 0 Å². The third kappa shape index (κ3) is 2.49. The van der Waals surface area contributed by atoms with Gasteiger partial charge in [-0.05, 0) is 54.1 Å². The fourth-order valence-electron chi connectivity index (χ4n) is 2.43. The molecule has 0 radical (unpaired) electrons. The Bertz CT molecular complexity index is 444. The van der Waals surface area contributed by atoms with Gasteiger partial charge in [0.25, 0.3) is 0 Å². The number of piperidine rings is 1. The largest absolute Gasteiger partial charge is 0.367 e. The van der Waals surface area contributed by atoms with Gasteiger partial charge in [-0.1, -0.05) is 13.0 Å². The summed E-state index contributed by atoms with van der Waals surface area (Å²) in [4.78, 5) is 14.1. The van der Waals surface area contributed by atoms with E-state index in [1.54, 1.807) is 0 Å². The van der Waals surface area contributed by atoms with Crippen LogP contribution in [0.3, 0.4) is 0 Å². The number of benzene rings is 1. The van der Waals surface area contributed by atoms with E-state index in [1.807, 2.05) is 6.92 Å². The first-order valence-corrected chi connectivity index (χ1v) is 7.14. The van der Waals surface area contributed by atoms with Gasteiger partial charge in [-0.25, -0.2) is 0 Å². The van der Waals surface area contributed by atoms with Gasteiger partial charge < -0.3 is 4.90 Å². The van der Waals surface area contributed by atoms with Crippen LogP contribution in [0.25, 0.3) is 0 Å². The number of carbonyl (C=O) groups excluding carboxylic acids is 1. The second kappa shape index (κ2) is 4.96. The zero-order valence-corrected chi connectivity index (χ0v) is 12.7. The molecule has 1 aromatic carbocycles. The van der Waals surface area contributed by atoms with Crippen molar-refractivity contribution in [2.45, 2.75) is 33.2 Å². The fraction of sp³-hybridized carbons (Fsp3) is 0.500. The topological polar surface area (TPSA) is 20.3 Å². The second-order valence-electron chi connectivity index (χ2n) is 4.87. The van der Waals surface area contributed by atoms with Crippen LogP contribution in [0.5, 0.6) is 0 Å². The molecule has 3 heteroatoms. The van der Waals surface area contributed by atoms with E-state index in [9.17, 15) is 4.79 Å². The van der Waals surface area contributed by atoms with Gasteiger partial charge in [0.2, 0.25) is 0 Å². The third-order valence-electron chi connectivity index (χ3n) is 3.80. The first-order chi connectivity index (χ1) is 8.00. The highest BCUT2D eigenvalue weighted by Gasteiger charge is 2.31. The quantitative estimate of drug-likeness (QED) is 0.729. The van der Waals surface area contributed by atoms with Crippen LogP contribution < -0.4 is 4.90 Å². The minimum atomic E-state index is 0.140. The van der Waals surface area contributed by atoms with Crippen molar-refractivity contribution in [3.63, 3.8) is 0 Å². The van der Waals surface area contributed by atoms with Crippen molar-refractivity contribution in [3.8, 4) is 0 Å². The molecule has 92 valence electrons. The lowest BCUT2D eigenvalue weighted by Crippen LogP contribution is -2.47. The van der Waals surface area contributed by atoms with E-state index in [0.717, 1.165) is 6.54 Å². The highest BCUT2D eigenvalue weighted by Crippen LogP contribution is 2.30. The normalized spacial score (nSPS) is 25.2. The second-order valence-corrected chi connectivity index (χ2v) is 6.12. The molecule has 0 N–H and O–H groups in total. The SMILES string of the molecule is Cc1ccc(I)cc1N1CCC(=O)C(C)C1C. The Morgan fingerprint density at radius 2 is 2.06 bits per heavy atom. The van der Waals surface area contributed by atoms with Crippen LogP contribution in [0.1, 0.15) is 25.8 Å². The molecule has 1 aliphatic rings. The number of hydrogen-bond donors (Lipinski definition) is 0. The molecule has 0 amide bonds. The monoisotopic (exact) mass is 343 g/mol. The summed E-state index contributed by atoms with van der Waals surface area (Å²) in [6.45, 7) is 7.19. The lowest BCUT2D eigenvalue weighted by atomic mass is 9.90. The van der Waals surface area contributed by atoms with Gasteiger partial charge in [-0.15, -0.1) is 0 Å². The van der Waals surface area contributed by atoms with E-state index < -0.39 is 0 Å². The van der Waals surface area contributed by atoms with Gasteiger partial charge in [0.05, 0.1) is 0 Å². The smallest absolute Gasteiger partial charge is 0.139 e. The molecule has 0 aromatic heterocycles. The molecule has 0 bridgehead atoms. The minimum Gasteiger partial charge on any atom is -0.367 e. The Hall–Kier alpha value is -0.580. The van der Waals surface area contributed by atoms with Crippen molar-refractivity contribution >= 4 is 34.1 Å². The molecule has 0 spiro atoms. The molecule has 2 unspecified atom stereocenters. The van der Waals surface area contributed by atoms with E-state index in [2.05, 4.69) is 59.5 Å². The zero-order chi connectivity index (χ0) is 12.6. The molecule has 17 heavy (non-hydrogen) atoms. The molecular formula is C14H18INO. The molecule has 0 saturated carbocycles. The van der Waals surface area contributed by atoms with Gasteiger partial charge in [0.15, 0.2) is 0 Å². The highest BCUT2D eigenvalue weighted by molar-refractivity contribution is 14.1. The van der Waals surface area contributed by atoms with Crippen molar-refractivity contribution in [2.24, 2.45) is 5.92 Å². The van der Waals surface area contributed by atoms with Gasteiger partial charge in [-0.2, -0.15) is 0 Å². The Balaban J connectivity index is 2.33. The van der Waals surface area contributed by atoms with Gasteiger partial charge in [0, 0.05) is 34.2 Å². The van der Waals surface area contributed by atoms with Crippen LogP contribution >= 0.6 is 22.6 Å². The van der Waals surface area contributed by atoms with Crippen molar-refractivity contribution in [1.82, 2.24) is 0 Å². The number of hydrogen-bond acceptors (Lipinski definition) is 2. The Labute approximate surface area is 117 Å². The van der Waals surface area contributed by atoms with Gasteiger partial charge in [-0.3, -0.25) is 4.79 Å². The van der Waals surface area contributed by atoms with E-state index in [4.69, 9.17) is 0 Å². The summed E-state index contributed by atoms with van der Waals surface area (Å²) in [6.07, 6.45) is 0.677. The average molecular weight is 343 g/mol. The van der Waals surface area contributed by atoms with E-state index in [0.29, 0.717) is 18.2 Å². The van der Waals surface area contributed by atoms with Crippen LogP contribution in [-0.2, 0) is 4.79 Å². The van der Waals surface area contributed by atoms with Crippen LogP contribution in [0.15, 0.2) is 18.2 Å². The molecule has 0 aliphatic carbocycles. The molecule has 2 nitrogen and oxygen atoms in total. The molecular weight excluding hydrogens is 325 g/mol. The molecule has 1 aliphatic heterocycles. The average Bonchev–Trinajstić information content (AvgIpc) is 2.30. The third-order valence-corrected chi connectivity index (χ3v) is 4.47. The lowest BCUT2D eigenvalue weighted by molar-refractivity contribution is -0.123. The summed E-state index contributed by atoms with van der Waals surface area (Å²) in [5.74, 6) is 0.540. The molecule has 1 saturated heterocycles. The van der Waals surface area contributed by atoms with Crippen molar-refractivity contribution < 1.29 is 4.79 Å². The van der Waals surface area contributed by atoms with Crippen LogP contribution in [0.2, 0.25) is 0 Å². The Morgan fingerprint density at radius 3 is 2.76 bits per heavy atom. The predicted molar refractivity (Wildman–Crippen MR) is 79.5 cm³/mol. The number of anilines is 1. The van der Waals surface area contributed by atoms with Crippen molar-refractivity contribution in [1.29, 1.82) is 0 Å². The van der Waals surface area contributed by atoms with Crippen molar-refractivity contribution in [3.05, 3.63) is 27.3 Å². The molecule has 1 fully saturated rings. The maximum atomic E-state index is 11.7. The van der Waals surface area contributed by atoms with Crippen molar-refractivity contribution in [2.75, 3.05) is 11.4 Å². The molecule has 2 rings (SSSR count). The molecule has 1 heterocycles. The van der Waals surface area contributed by atoms with Gasteiger partial charge in [0.1, 0.15) is 5.78 Å². The first-order valence-electron chi connectivity index (χ1n) is 6.06. The number of carbonyl (C=O) groups is 1. The maximum absolute atomic E-state index is 11.7. The van der Waals surface area contributed by atoms with E-state index in [1.165, 1.54) is 14.8 Å². The summed E-state index contributed by atoms with van der Waals surface area (Å²) in [7, 11) is 0. The lowest BCUT2D eigenvalue weighted by Gasteiger charge is -2.39. The number of rotatable bonds is 1. The summed E-state index contributed by atoms with van der Waals surface area (Å²) in [5.41, 5.74) is 2.57. The predicted octanol–water partition coefficient (Wildman–Crippen LogP) is 3.40. The standard InChI is InChI=1S/C14H18INO/c1-9-4-5-12(15)8-13(9)16-7-6-14(17)10(2)11(16)3/h4-5,8,10-11H,6-7H2,1-3H3. The number of halogens is 1. The number of Topliss-reactive ketones (excluding diaryl/α,β-unsaturated/α-hetero) is 1. The minimum absolute atomic E-state index is 0.140. The van der Waals surface area contributed by atoms with Crippen LogP contribution in [0, 0.1) is 16.4 Å². The highest BCUT2D eigenvalue weighted by atomic mass is 127. The summed E-state index contributed by atoms with van der Waals surface area (Å²) in [5, 5.41) is 0. The van der Waals surface area contributed by atoms with E-state index in [-0.39, 0.29) is 5.92 Å². The molecule has 2 atom stereocenters. The Kier molecular flexibility index (Phi) is 3.76. The maximum Gasteiger partial charge on any atom is 0.139 e. The first kappa shape index (κ1) is 12.9. The molecule has 1 aromatic rings. The zero-order valence-electron chi connectivity index (χ0n) is 10.5.